The highest BCUT2D eigenvalue weighted by molar-refractivity contribution is 4.88. The molecule has 0 saturated heterocycles. The highest BCUT2D eigenvalue weighted by atomic mass is 15.0. The van der Waals surface area contributed by atoms with Crippen molar-refractivity contribution in [3.63, 3.8) is 0 Å². The zero-order valence-electron chi connectivity index (χ0n) is 9.81. The molecule has 14 heavy (non-hydrogen) atoms. The Morgan fingerprint density at radius 1 is 0.929 bits per heavy atom. The van der Waals surface area contributed by atoms with Crippen molar-refractivity contribution in [1.82, 2.24) is 5.32 Å². The van der Waals surface area contributed by atoms with Crippen LogP contribution >= 0.6 is 0 Å². The number of rotatable bonds is 2. The molecule has 0 heterocycles. The fourth-order valence-corrected chi connectivity index (χ4v) is 3.18. The average Bonchev–Trinajstić information content (AvgIpc) is 2.47. The molecule has 0 aliphatic heterocycles. The quantitative estimate of drug-likeness (QED) is 0.711. The lowest BCUT2D eigenvalue weighted by molar-refractivity contribution is 0.315. The topological polar surface area (TPSA) is 12.0 Å². The van der Waals surface area contributed by atoms with Crippen LogP contribution in [0.1, 0.15) is 65.2 Å². The second kappa shape index (κ2) is 4.22. The van der Waals surface area contributed by atoms with E-state index in [0.29, 0.717) is 5.41 Å². The van der Waals surface area contributed by atoms with Gasteiger partial charge in [-0.05, 0) is 37.5 Å². The van der Waals surface area contributed by atoms with Crippen molar-refractivity contribution in [3.8, 4) is 0 Å². The van der Waals surface area contributed by atoms with E-state index in [9.17, 15) is 0 Å². The van der Waals surface area contributed by atoms with Crippen molar-refractivity contribution in [2.75, 3.05) is 0 Å². The van der Waals surface area contributed by atoms with E-state index in [1.54, 1.807) is 0 Å². The van der Waals surface area contributed by atoms with E-state index in [1.165, 1.54) is 51.4 Å². The minimum Gasteiger partial charge on any atom is -0.311 e. The first-order valence-corrected chi connectivity index (χ1v) is 6.42. The van der Waals surface area contributed by atoms with E-state index in [0.717, 1.165) is 12.1 Å². The molecule has 1 heteroatoms. The fourth-order valence-electron chi connectivity index (χ4n) is 3.18. The summed E-state index contributed by atoms with van der Waals surface area (Å²) in [6, 6.07) is 1.68. The Balaban J connectivity index is 1.75. The SMILES string of the molecule is CC1(C)CCC(NC2CCCCC2)C1. The van der Waals surface area contributed by atoms with Gasteiger partial charge >= 0.3 is 0 Å². The number of hydrogen-bond donors (Lipinski definition) is 1. The van der Waals surface area contributed by atoms with Crippen LogP contribution in [0.5, 0.6) is 0 Å². The molecule has 2 aliphatic rings. The van der Waals surface area contributed by atoms with E-state index in [2.05, 4.69) is 19.2 Å². The Morgan fingerprint density at radius 3 is 2.21 bits per heavy atom. The number of nitrogens with one attached hydrogen (secondary N) is 1. The van der Waals surface area contributed by atoms with Gasteiger partial charge < -0.3 is 5.32 Å². The van der Waals surface area contributed by atoms with Crippen LogP contribution in [0.3, 0.4) is 0 Å². The molecule has 1 nitrogen and oxygen atoms in total. The molecule has 0 spiro atoms. The van der Waals surface area contributed by atoms with Gasteiger partial charge in [-0.3, -0.25) is 0 Å². The molecule has 2 aliphatic carbocycles. The van der Waals surface area contributed by atoms with E-state index in [1.807, 2.05) is 0 Å². The van der Waals surface area contributed by atoms with Crippen LogP contribution < -0.4 is 5.32 Å². The molecular weight excluding hydrogens is 170 g/mol. The second-order valence-corrected chi connectivity index (χ2v) is 6.11. The Morgan fingerprint density at radius 2 is 1.64 bits per heavy atom. The fraction of sp³-hybridized carbons (Fsp3) is 1.00. The normalized spacial score (nSPS) is 33.4. The minimum atomic E-state index is 0.604. The third-order valence-electron chi connectivity index (χ3n) is 4.05. The summed E-state index contributed by atoms with van der Waals surface area (Å²) in [6.45, 7) is 4.82. The van der Waals surface area contributed by atoms with Gasteiger partial charge in [-0.1, -0.05) is 33.1 Å². The van der Waals surface area contributed by atoms with Gasteiger partial charge in [0.05, 0.1) is 0 Å². The van der Waals surface area contributed by atoms with Crippen LogP contribution in [-0.2, 0) is 0 Å². The predicted octanol–water partition coefficient (Wildman–Crippen LogP) is 3.49. The molecule has 2 fully saturated rings. The molecule has 1 atom stereocenters. The Labute approximate surface area is 88.7 Å². The highest BCUT2D eigenvalue weighted by Crippen LogP contribution is 2.37. The molecule has 0 amide bonds. The molecule has 0 radical (unpaired) electrons. The summed E-state index contributed by atoms with van der Waals surface area (Å²) in [4.78, 5) is 0. The monoisotopic (exact) mass is 195 g/mol. The summed E-state index contributed by atoms with van der Waals surface area (Å²) in [6.07, 6.45) is 11.4. The highest BCUT2D eigenvalue weighted by Gasteiger charge is 2.31. The van der Waals surface area contributed by atoms with Crippen molar-refractivity contribution in [1.29, 1.82) is 0 Å². The maximum absolute atomic E-state index is 3.87. The Bertz CT molecular complexity index is 180. The first kappa shape index (κ1) is 10.5. The van der Waals surface area contributed by atoms with E-state index >= 15 is 0 Å². The second-order valence-electron chi connectivity index (χ2n) is 6.11. The maximum Gasteiger partial charge on any atom is 0.00749 e. The van der Waals surface area contributed by atoms with Gasteiger partial charge in [-0.2, -0.15) is 0 Å². The van der Waals surface area contributed by atoms with Gasteiger partial charge in [-0.15, -0.1) is 0 Å². The van der Waals surface area contributed by atoms with Crippen molar-refractivity contribution < 1.29 is 0 Å². The first-order chi connectivity index (χ1) is 6.66. The maximum atomic E-state index is 3.87. The lowest BCUT2D eigenvalue weighted by Crippen LogP contribution is -2.38. The van der Waals surface area contributed by atoms with Gasteiger partial charge in [0.25, 0.3) is 0 Å². The minimum absolute atomic E-state index is 0.604. The summed E-state index contributed by atoms with van der Waals surface area (Å²) in [5.41, 5.74) is 0.604. The van der Waals surface area contributed by atoms with Crippen LogP contribution in [0.15, 0.2) is 0 Å². The van der Waals surface area contributed by atoms with Crippen LogP contribution in [0.4, 0.5) is 0 Å². The first-order valence-electron chi connectivity index (χ1n) is 6.42. The number of hydrogen-bond acceptors (Lipinski definition) is 1. The van der Waals surface area contributed by atoms with Crippen LogP contribution in [0.25, 0.3) is 0 Å². The summed E-state index contributed by atoms with van der Waals surface area (Å²) < 4.78 is 0. The van der Waals surface area contributed by atoms with Crippen LogP contribution in [0, 0.1) is 5.41 Å². The van der Waals surface area contributed by atoms with Gasteiger partial charge in [0.2, 0.25) is 0 Å². The zero-order valence-corrected chi connectivity index (χ0v) is 9.81. The van der Waals surface area contributed by atoms with E-state index < -0.39 is 0 Å². The largest absolute Gasteiger partial charge is 0.311 e. The molecule has 0 aromatic heterocycles. The molecule has 2 rings (SSSR count). The predicted molar refractivity (Wildman–Crippen MR) is 61.4 cm³/mol. The van der Waals surface area contributed by atoms with Gasteiger partial charge in [0, 0.05) is 12.1 Å². The van der Waals surface area contributed by atoms with Crippen molar-refractivity contribution in [2.45, 2.75) is 77.3 Å². The molecule has 2 saturated carbocycles. The molecule has 0 aromatic rings. The molecule has 0 aromatic carbocycles. The van der Waals surface area contributed by atoms with Crippen molar-refractivity contribution in [2.24, 2.45) is 5.41 Å². The smallest absolute Gasteiger partial charge is 0.00749 e. The van der Waals surface area contributed by atoms with Crippen LogP contribution in [-0.4, -0.2) is 12.1 Å². The third kappa shape index (κ3) is 2.73. The zero-order chi connectivity index (χ0) is 10.0. The third-order valence-corrected chi connectivity index (χ3v) is 4.05. The molecular formula is C13H25N. The van der Waals surface area contributed by atoms with E-state index in [4.69, 9.17) is 0 Å². The van der Waals surface area contributed by atoms with Gasteiger partial charge in [-0.25, -0.2) is 0 Å². The van der Waals surface area contributed by atoms with E-state index in [-0.39, 0.29) is 0 Å². The average molecular weight is 195 g/mol. The molecule has 0 bridgehead atoms. The van der Waals surface area contributed by atoms with Crippen molar-refractivity contribution >= 4 is 0 Å². The summed E-state index contributed by atoms with van der Waals surface area (Å²) in [7, 11) is 0. The molecule has 1 unspecified atom stereocenters. The molecule has 82 valence electrons. The Kier molecular flexibility index (Phi) is 3.16. The van der Waals surface area contributed by atoms with Gasteiger partial charge in [0.15, 0.2) is 0 Å². The standard InChI is InChI=1S/C13H25N/c1-13(2)9-8-12(10-13)14-11-6-4-3-5-7-11/h11-12,14H,3-10H2,1-2H3. The lowest BCUT2D eigenvalue weighted by atomic mass is 9.91. The summed E-state index contributed by atoms with van der Waals surface area (Å²) in [5, 5.41) is 3.87. The summed E-state index contributed by atoms with van der Waals surface area (Å²) in [5.74, 6) is 0. The Hall–Kier alpha value is -0.0400. The van der Waals surface area contributed by atoms with Crippen LogP contribution in [0.2, 0.25) is 0 Å². The van der Waals surface area contributed by atoms with Crippen molar-refractivity contribution in [3.05, 3.63) is 0 Å². The lowest BCUT2D eigenvalue weighted by Gasteiger charge is -2.27. The summed E-state index contributed by atoms with van der Waals surface area (Å²) >= 11 is 0. The molecule has 1 N–H and O–H groups in total. The van der Waals surface area contributed by atoms with Gasteiger partial charge in [0.1, 0.15) is 0 Å².